The Morgan fingerprint density at radius 3 is 2.09 bits per heavy atom. The van der Waals surface area contributed by atoms with Crippen molar-refractivity contribution in [3.63, 3.8) is 0 Å². The maximum absolute atomic E-state index is 13.1. The molecule has 0 N–H and O–H groups in total. The van der Waals surface area contributed by atoms with Gasteiger partial charge in [0.15, 0.2) is 11.3 Å². The van der Waals surface area contributed by atoms with E-state index < -0.39 is 29.8 Å². The molecule has 9 heteroatoms. The number of esters is 2. The largest absolute Gasteiger partial charge is 0.573 e. The molecule has 1 aromatic heterocycles. The van der Waals surface area contributed by atoms with E-state index in [1.165, 1.54) is 12.1 Å². The third-order valence-electron chi connectivity index (χ3n) is 4.73. The van der Waals surface area contributed by atoms with Crippen LogP contribution in [0.1, 0.15) is 0 Å². The van der Waals surface area contributed by atoms with Gasteiger partial charge in [-0.1, -0.05) is 31.4 Å². The second-order valence-electron chi connectivity index (χ2n) is 6.91. The van der Waals surface area contributed by atoms with Crippen molar-refractivity contribution < 1.29 is 41.4 Å². The molecule has 34 heavy (non-hydrogen) atoms. The highest BCUT2D eigenvalue weighted by atomic mass is 19.4. The van der Waals surface area contributed by atoms with Crippen LogP contribution >= 0.6 is 0 Å². The average molecular weight is 468 g/mol. The molecule has 0 bridgehead atoms. The summed E-state index contributed by atoms with van der Waals surface area (Å²) in [4.78, 5) is 22.9. The van der Waals surface area contributed by atoms with Crippen LogP contribution < -0.4 is 14.2 Å². The minimum Gasteiger partial charge on any atom is -0.452 e. The maximum Gasteiger partial charge on any atom is 0.573 e. The molecule has 0 fully saturated rings. The lowest BCUT2D eigenvalue weighted by Gasteiger charge is -2.12. The molecule has 1 heterocycles. The van der Waals surface area contributed by atoms with E-state index in [0.29, 0.717) is 22.1 Å². The number of furan rings is 1. The Labute approximate surface area is 190 Å². The number of fused-ring (bicyclic) bond motifs is 3. The highest BCUT2D eigenvalue weighted by molar-refractivity contribution is 6.08. The van der Waals surface area contributed by atoms with Gasteiger partial charge in [0.1, 0.15) is 11.3 Å². The van der Waals surface area contributed by atoms with E-state index in [1.807, 2.05) is 0 Å². The van der Waals surface area contributed by atoms with Crippen molar-refractivity contribution in [1.29, 1.82) is 0 Å². The van der Waals surface area contributed by atoms with Crippen LogP contribution in [-0.2, 0) is 9.59 Å². The molecule has 0 unspecified atom stereocenters. The second kappa shape index (κ2) is 8.78. The fraction of sp³-hybridized carbons (Fsp3) is 0.0400. The Bertz CT molecular complexity index is 1430. The van der Waals surface area contributed by atoms with Crippen molar-refractivity contribution >= 4 is 33.9 Å². The van der Waals surface area contributed by atoms with Gasteiger partial charge < -0.3 is 18.6 Å². The van der Waals surface area contributed by atoms with Gasteiger partial charge in [0.2, 0.25) is 5.75 Å². The van der Waals surface area contributed by atoms with E-state index in [-0.39, 0.29) is 11.2 Å². The predicted octanol–water partition coefficient (Wildman–Crippen LogP) is 6.33. The Morgan fingerprint density at radius 1 is 0.824 bits per heavy atom. The fourth-order valence-corrected chi connectivity index (χ4v) is 3.29. The lowest BCUT2D eigenvalue weighted by atomic mass is 10.0. The van der Waals surface area contributed by atoms with Gasteiger partial charge in [-0.25, -0.2) is 9.59 Å². The smallest absolute Gasteiger partial charge is 0.452 e. The summed E-state index contributed by atoms with van der Waals surface area (Å²) < 4.78 is 59.0. The number of carbonyl (C=O) groups is 2. The number of ether oxygens (including phenoxy) is 3. The molecular weight excluding hydrogens is 453 g/mol. The van der Waals surface area contributed by atoms with Gasteiger partial charge in [0.05, 0.1) is 0 Å². The zero-order valence-corrected chi connectivity index (χ0v) is 17.3. The van der Waals surface area contributed by atoms with Crippen LogP contribution in [0, 0.1) is 0 Å². The number of halogens is 3. The molecule has 0 amide bonds. The van der Waals surface area contributed by atoms with E-state index >= 15 is 0 Å². The summed E-state index contributed by atoms with van der Waals surface area (Å²) in [6.07, 6.45) is -3.19. The van der Waals surface area contributed by atoms with Crippen molar-refractivity contribution in [3.05, 3.63) is 79.9 Å². The van der Waals surface area contributed by atoms with Crippen LogP contribution in [0.2, 0.25) is 0 Å². The van der Waals surface area contributed by atoms with Gasteiger partial charge in [-0.3, -0.25) is 0 Å². The summed E-state index contributed by atoms with van der Waals surface area (Å²) >= 11 is 0. The van der Waals surface area contributed by atoms with E-state index in [1.54, 1.807) is 42.5 Å². The number of hydrogen-bond donors (Lipinski definition) is 0. The standard InChI is InChI=1S/C25H15F3O6/c1-3-21(29)31-16-8-5-14(6-9-16)15-7-10-17-18-11-12-19(32-22(30)4-2)24(34-25(26,27)28)23(18)33-20(17)13-15/h3-13H,1-2H2. The Kier molecular flexibility index (Phi) is 5.85. The molecule has 4 rings (SSSR count). The van der Waals surface area contributed by atoms with Crippen molar-refractivity contribution in [2.24, 2.45) is 0 Å². The minimum absolute atomic E-state index is 0.231. The minimum atomic E-state index is -5.05. The topological polar surface area (TPSA) is 75.0 Å². The molecule has 172 valence electrons. The number of carbonyl (C=O) groups excluding carboxylic acids is 2. The van der Waals surface area contributed by atoms with E-state index in [0.717, 1.165) is 17.7 Å². The van der Waals surface area contributed by atoms with Crippen LogP contribution in [0.3, 0.4) is 0 Å². The maximum atomic E-state index is 13.1. The van der Waals surface area contributed by atoms with Crippen molar-refractivity contribution in [2.75, 3.05) is 0 Å². The molecule has 4 aromatic rings. The molecule has 0 saturated heterocycles. The molecular formula is C25H15F3O6. The summed E-state index contributed by atoms with van der Waals surface area (Å²) in [5.74, 6) is -2.45. The van der Waals surface area contributed by atoms with Gasteiger partial charge in [-0.15, -0.1) is 13.2 Å². The van der Waals surface area contributed by atoms with Crippen LogP contribution in [0.15, 0.2) is 84.3 Å². The first-order chi connectivity index (χ1) is 16.2. The van der Waals surface area contributed by atoms with Crippen LogP contribution in [-0.4, -0.2) is 18.3 Å². The van der Waals surface area contributed by atoms with Gasteiger partial charge in [-0.05, 0) is 47.5 Å². The van der Waals surface area contributed by atoms with Crippen molar-refractivity contribution in [3.8, 4) is 28.4 Å². The molecule has 0 radical (unpaired) electrons. The third-order valence-corrected chi connectivity index (χ3v) is 4.73. The Morgan fingerprint density at radius 2 is 1.44 bits per heavy atom. The molecule has 0 aliphatic carbocycles. The molecule has 0 spiro atoms. The number of rotatable bonds is 6. The molecule has 0 saturated carbocycles. The first-order valence-electron chi connectivity index (χ1n) is 9.72. The highest BCUT2D eigenvalue weighted by Crippen LogP contribution is 2.43. The molecule has 0 aliphatic heterocycles. The van der Waals surface area contributed by atoms with Crippen LogP contribution in [0.25, 0.3) is 33.1 Å². The zero-order chi connectivity index (χ0) is 24.5. The van der Waals surface area contributed by atoms with E-state index in [2.05, 4.69) is 17.9 Å². The second-order valence-corrected chi connectivity index (χ2v) is 6.91. The molecule has 0 aliphatic rings. The Balaban J connectivity index is 1.79. The quantitative estimate of drug-likeness (QED) is 0.187. The van der Waals surface area contributed by atoms with Crippen molar-refractivity contribution in [1.82, 2.24) is 0 Å². The van der Waals surface area contributed by atoms with Crippen LogP contribution in [0.4, 0.5) is 13.2 Å². The van der Waals surface area contributed by atoms with Gasteiger partial charge in [-0.2, -0.15) is 0 Å². The SMILES string of the molecule is C=CC(=O)Oc1ccc(-c2ccc3c(c2)oc2c(OC(F)(F)F)c(OC(=O)C=C)ccc23)cc1. The number of hydrogen-bond acceptors (Lipinski definition) is 6. The third kappa shape index (κ3) is 4.63. The van der Waals surface area contributed by atoms with E-state index in [9.17, 15) is 22.8 Å². The monoisotopic (exact) mass is 468 g/mol. The first-order valence-corrected chi connectivity index (χ1v) is 9.72. The first kappa shape index (κ1) is 22.7. The molecule has 0 atom stereocenters. The predicted molar refractivity (Wildman–Crippen MR) is 118 cm³/mol. The van der Waals surface area contributed by atoms with Gasteiger partial charge in [0.25, 0.3) is 0 Å². The molecule has 6 nitrogen and oxygen atoms in total. The summed E-state index contributed by atoms with van der Waals surface area (Å²) in [6, 6.07) is 14.4. The Hall–Kier alpha value is -4.53. The van der Waals surface area contributed by atoms with Gasteiger partial charge in [0, 0.05) is 22.9 Å². The van der Waals surface area contributed by atoms with Gasteiger partial charge >= 0.3 is 18.3 Å². The lowest BCUT2D eigenvalue weighted by molar-refractivity contribution is -0.274. The van der Waals surface area contributed by atoms with Crippen molar-refractivity contribution in [2.45, 2.75) is 6.36 Å². The summed E-state index contributed by atoms with van der Waals surface area (Å²) in [5.41, 5.74) is 1.50. The fourth-order valence-electron chi connectivity index (χ4n) is 3.29. The summed E-state index contributed by atoms with van der Waals surface area (Å²) in [5, 5.41) is 0.870. The summed E-state index contributed by atoms with van der Waals surface area (Å²) in [7, 11) is 0. The van der Waals surface area contributed by atoms with Crippen LogP contribution in [0.5, 0.6) is 17.2 Å². The van der Waals surface area contributed by atoms with E-state index in [4.69, 9.17) is 13.9 Å². The molecule has 3 aromatic carbocycles. The number of alkyl halides is 3. The lowest BCUT2D eigenvalue weighted by Crippen LogP contribution is -2.18. The average Bonchev–Trinajstić information content (AvgIpc) is 3.18. The normalized spacial score (nSPS) is 11.3. The zero-order valence-electron chi connectivity index (χ0n) is 17.3. The number of benzene rings is 3. The highest BCUT2D eigenvalue weighted by Gasteiger charge is 2.35. The summed E-state index contributed by atoms with van der Waals surface area (Å²) in [6.45, 7) is 6.56.